The number of benzene rings is 1. The molecule has 0 amide bonds. The highest BCUT2D eigenvalue weighted by molar-refractivity contribution is 6.32. The van der Waals surface area contributed by atoms with Gasteiger partial charge in [-0.15, -0.1) is 0 Å². The Morgan fingerprint density at radius 1 is 1.19 bits per heavy atom. The molecule has 0 aliphatic rings. The summed E-state index contributed by atoms with van der Waals surface area (Å²) in [6.07, 6.45) is 4.97. The highest BCUT2D eigenvalue weighted by Crippen LogP contribution is 2.34. The molecule has 0 saturated heterocycles. The molecule has 1 atom stereocenters. The van der Waals surface area contributed by atoms with Crippen molar-refractivity contribution in [3.05, 3.63) is 46.1 Å². The van der Waals surface area contributed by atoms with E-state index in [-0.39, 0.29) is 11.9 Å². The molecule has 0 fully saturated rings. The van der Waals surface area contributed by atoms with Crippen molar-refractivity contribution in [1.82, 2.24) is 9.97 Å². The van der Waals surface area contributed by atoms with Crippen LogP contribution in [0.25, 0.3) is 21.7 Å². The van der Waals surface area contributed by atoms with Crippen molar-refractivity contribution >= 4 is 33.3 Å². The first-order valence-electron chi connectivity index (χ1n) is 9.57. The average molecular weight is 388 g/mol. The second kappa shape index (κ2) is 8.07. The number of fused-ring (bicyclic) bond motifs is 3. The first-order valence-corrected chi connectivity index (χ1v) is 9.95. The maximum absolute atomic E-state index is 15.3. The summed E-state index contributed by atoms with van der Waals surface area (Å²) in [7, 11) is 0. The Balaban J connectivity index is 1.98. The van der Waals surface area contributed by atoms with Crippen molar-refractivity contribution in [3.8, 4) is 0 Å². The average Bonchev–Trinajstić information content (AvgIpc) is 2.58. The van der Waals surface area contributed by atoms with Crippen LogP contribution in [0.3, 0.4) is 0 Å². The molecule has 0 saturated carbocycles. The van der Waals surface area contributed by atoms with Crippen LogP contribution in [0.15, 0.2) is 18.3 Å². The Morgan fingerprint density at radius 3 is 2.63 bits per heavy atom. The topological polar surface area (TPSA) is 51.8 Å². The smallest absolute Gasteiger partial charge is 0.154 e. The Bertz CT molecular complexity index is 985. The van der Waals surface area contributed by atoms with Crippen LogP contribution in [-0.4, -0.2) is 16.0 Å². The Morgan fingerprint density at radius 2 is 1.93 bits per heavy atom. The molecule has 2 N–H and O–H groups in total. The summed E-state index contributed by atoms with van der Waals surface area (Å²) >= 11 is 6.47. The van der Waals surface area contributed by atoms with Gasteiger partial charge in [0.15, 0.2) is 5.82 Å². The predicted octanol–water partition coefficient (Wildman–Crippen LogP) is 5.89. The van der Waals surface area contributed by atoms with Gasteiger partial charge in [-0.2, -0.15) is 0 Å². The maximum Gasteiger partial charge on any atom is 0.154 e. The second-order valence-corrected chi connectivity index (χ2v) is 8.25. The minimum atomic E-state index is -0.311. The molecular formula is C22H27ClFN3. The van der Waals surface area contributed by atoms with E-state index in [1.54, 1.807) is 6.20 Å². The highest BCUT2D eigenvalue weighted by atomic mass is 35.5. The molecular weight excluding hydrogens is 361 g/mol. The van der Waals surface area contributed by atoms with E-state index in [4.69, 9.17) is 17.3 Å². The quantitative estimate of drug-likeness (QED) is 0.536. The number of hydrogen-bond donors (Lipinski definition) is 1. The van der Waals surface area contributed by atoms with Crippen LogP contribution in [0.2, 0.25) is 5.02 Å². The summed E-state index contributed by atoms with van der Waals surface area (Å²) in [5, 5.41) is 3.10. The maximum atomic E-state index is 15.3. The van der Waals surface area contributed by atoms with Crippen molar-refractivity contribution in [2.75, 3.05) is 0 Å². The molecule has 2 heterocycles. The summed E-state index contributed by atoms with van der Waals surface area (Å²) in [5.74, 6) is 0.258. The minimum absolute atomic E-state index is 0.145. The van der Waals surface area contributed by atoms with E-state index in [2.05, 4.69) is 23.8 Å². The number of rotatable bonds is 6. The summed E-state index contributed by atoms with van der Waals surface area (Å²) in [4.78, 5) is 8.89. The number of hydrogen-bond acceptors (Lipinski definition) is 3. The zero-order valence-electron chi connectivity index (χ0n) is 16.4. The molecule has 0 bridgehead atoms. The lowest BCUT2D eigenvalue weighted by Crippen LogP contribution is -2.22. The largest absolute Gasteiger partial charge is 0.328 e. The molecule has 3 rings (SSSR count). The van der Waals surface area contributed by atoms with E-state index in [1.807, 2.05) is 26.0 Å². The fraction of sp³-hybridized carbons (Fsp3) is 0.455. The molecule has 3 aromatic rings. The summed E-state index contributed by atoms with van der Waals surface area (Å²) in [5.41, 5.74) is 8.76. The Kier molecular flexibility index (Phi) is 5.97. The first kappa shape index (κ1) is 20.0. The number of nitrogens with zero attached hydrogens (tertiary/aromatic N) is 2. The van der Waals surface area contributed by atoms with Crippen molar-refractivity contribution < 1.29 is 4.39 Å². The number of pyridine rings is 2. The normalized spacial score (nSPS) is 13.0. The zero-order valence-corrected chi connectivity index (χ0v) is 17.2. The van der Waals surface area contributed by atoms with Gasteiger partial charge in [-0.1, -0.05) is 25.4 Å². The molecule has 0 aliphatic heterocycles. The molecule has 5 heteroatoms. The fourth-order valence-electron chi connectivity index (χ4n) is 3.93. The van der Waals surface area contributed by atoms with Gasteiger partial charge in [0.2, 0.25) is 0 Å². The van der Waals surface area contributed by atoms with Gasteiger partial charge in [0.05, 0.1) is 0 Å². The van der Waals surface area contributed by atoms with E-state index >= 15 is 4.39 Å². The van der Waals surface area contributed by atoms with Crippen molar-refractivity contribution in [3.63, 3.8) is 0 Å². The van der Waals surface area contributed by atoms with E-state index in [0.29, 0.717) is 28.4 Å². The Labute approximate surface area is 165 Å². The molecule has 1 unspecified atom stereocenters. The van der Waals surface area contributed by atoms with E-state index in [0.717, 1.165) is 46.8 Å². The van der Waals surface area contributed by atoms with Crippen LogP contribution in [0, 0.1) is 25.6 Å². The van der Waals surface area contributed by atoms with Gasteiger partial charge in [0.1, 0.15) is 5.52 Å². The lowest BCUT2D eigenvalue weighted by Gasteiger charge is -2.15. The van der Waals surface area contributed by atoms with Crippen LogP contribution >= 0.6 is 11.6 Å². The van der Waals surface area contributed by atoms with Gasteiger partial charge in [0, 0.05) is 45.0 Å². The van der Waals surface area contributed by atoms with Crippen LogP contribution in [-0.2, 0) is 6.42 Å². The summed E-state index contributed by atoms with van der Waals surface area (Å²) in [6, 6.07) is 3.89. The molecule has 0 spiro atoms. The molecule has 3 nitrogen and oxygen atoms in total. The number of halogens is 2. The van der Waals surface area contributed by atoms with Crippen LogP contribution in [0.4, 0.5) is 4.39 Å². The third-order valence-electron chi connectivity index (χ3n) is 5.14. The van der Waals surface area contributed by atoms with Gasteiger partial charge < -0.3 is 5.73 Å². The van der Waals surface area contributed by atoms with E-state index < -0.39 is 0 Å². The van der Waals surface area contributed by atoms with Gasteiger partial charge in [-0.25, -0.2) is 9.37 Å². The predicted molar refractivity (Wildman–Crippen MR) is 112 cm³/mol. The van der Waals surface area contributed by atoms with Crippen molar-refractivity contribution in [2.24, 2.45) is 11.7 Å². The molecule has 1 aromatic carbocycles. The molecule has 27 heavy (non-hydrogen) atoms. The molecule has 144 valence electrons. The minimum Gasteiger partial charge on any atom is -0.328 e. The SMILES string of the molecule is Cc1nccc2c1c(C)nc1c(F)c(CCCC(N)CC(C)C)c(Cl)cc12. The van der Waals surface area contributed by atoms with Gasteiger partial charge >= 0.3 is 0 Å². The van der Waals surface area contributed by atoms with E-state index in [9.17, 15) is 0 Å². The zero-order chi connectivity index (χ0) is 19.7. The standard InChI is InChI=1S/C22H27ClFN3/c1-12(2)10-15(25)6-5-7-17-19(23)11-18-16-8-9-26-13(3)20(16)14(4)27-22(18)21(17)24/h8-9,11-12,15H,5-7,10,25H2,1-4H3. The molecule has 2 aromatic heterocycles. The van der Waals surface area contributed by atoms with Crippen LogP contribution < -0.4 is 5.73 Å². The number of nitrogens with two attached hydrogens (primary N) is 1. The summed E-state index contributed by atoms with van der Waals surface area (Å²) < 4.78 is 15.3. The number of aryl methyl sites for hydroxylation is 2. The fourth-order valence-corrected chi connectivity index (χ4v) is 4.21. The van der Waals surface area contributed by atoms with Crippen LogP contribution in [0.5, 0.6) is 0 Å². The third kappa shape index (κ3) is 4.07. The van der Waals surface area contributed by atoms with Gasteiger partial charge in [-0.3, -0.25) is 4.98 Å². The lowest BCUT2D eigenvalue weighted by molar-refractivity contribution is 0.461. The second-order valence-electron chi connectivity index (χ2n) is 7.85. The molecule has 0 radical (unpaired) electrons. The highest BCUT2D eigenvalue weighted by Gasteiger charge is 2.18. The van der Waals surface area contributed by atoms with Crippen molar-refractivity contribution in [2.45, 2.75) is 59.4 Å². The lowest BCUT2D eigenvalue weighted by atomic mass is 9.96. The third-order valence-corrected chi connectivity index (χ3v) is 5.47. The van der Waals surface area contributed by atoms with Crippen molar-refractivity contribution in [1.29, 1.82) is 0 Å². The van der Waals surface area contributed by atoms with E-state index in [1.165, 1.54) is 0 Å². The van der Waals surface area contributed by atoms with Crippen LogP contribution in [0.1, 0.15) is 50.1 Å². The monoisotopic (exact) mass is 387 g/mol. The number of aromatic nitrogens is 2. The molecule has 0 aliphatic carbocycles. The Hall–Kier alpha value is -1.78. The first-order chi connectivity index (χ1) is 12.8. The van der Waals surface area contributed by atoms with Gasteiger partial charge in [-0.05, 0) is 63.0 Å². The van der Waals surface area contributed by atoms with Gasteiger partial charge in [0.25, 0.3) is 0 Å². The summed E-state index contributed by atoms with van der Waals surface area (Å²) in [6.45, 7) is 8.16.